The maximum Gasteiger partial charge on any atom is 0.266 e. The molecule has 0 spiro atoms. The van der Waals surface area contributed by atoms with Crippen LogP contribution in [0.1, 0.15) is 5.69 Å². The highest BCUT2D eigenvalue weighted by Gasteiger charge is 2.33. The molecule has 2 aromatic heterocycles. The van der Waals surface area contributed by atoms with Gasteiger partial charge in [0.25, 0.3) is 11.8 Å². The van der Waals surface area contributed by atoms with Crippen LogP contribution in [0.15, 0.2) is 54.1 Å². The molecule has 3 heterocycles. The third-order valence-electron chi connectivity index (χ3n) is 4.21. The fourth-order valence-electron chi connectivity index (χ4n) is 2.92. The van der Waals surface area contributed by atoms with Gasteiger partial charge in [-0.05, 0) is 30.4 Å². The number of imidazole rings is 1. The summed E-state index contributed by atoms with van der Waals surface area (Å²) in [6.45, 7) is 3.76. The van der Waals surface area contributed by atoms with Gasteiger partial charge in [0.1, 0.15) is 17.1 Å². The van der Waals surface area contributed by atoms with Crippen LogP contribution in [0.4, 0.5) is 4.39 Å². The van der Waals surface area contributed by atoms with E-state index in [1.54, 1.807) is 28.8 Å². The number of nitrogens with one attached hydrogen (secondary N) is 1. The third-order valence-corrected chi connectivity index (χ3v) is 5.29. The number of carbonyl (C=O) groups is 2. The fraction of sp³-hybridized carbons (Fsp3) is 0.0526. The maximum absolute atomic E-state index is 14.4. The number of nitrogens with zero attached hydrogens (tertiary/aromatic N) is 3. The number of benzene rings is 1. The minimum atomic E-state index is -0.611. The van der Waals surface area contributed by atoms with E-state index in [0.717, 1.165) is 0 Å². The van der Waals surface area contributed by atoms with Crippen LogP contribution in [0.2, 0.25) is 0 Å². The van der Waals surface area contributed by atoms with Gasteiger partial charge in [0.2, 0.25) is 0 Å². The normalized spacial score (nSPS) is 16.1. The first-order valence-corrected chi connectivity index (χ1v) is 9.50. The highest BCUT2D eigenvalue weighted by molar-refractivity contribution is 7.80. The largest absolute Gasteiger partial charge is 0.298 e. The zero-order valence-corrected chi connectivity index (χ0v) is 16.0. The summed E-state index contributed by atoms with van der Waals surface area (Å²) in [4.78, 5) is 31.6. The summed E-state index contributed by atoms with van der Waals surface area (Å²) < 4.78 is 16.1. The predicted molar refractivity (Wildman–Crippen MR) is 109 cm³/mol. The van der Waals surface area contributed by atoms with Crippen LogP contribution in [-0.2, 0) is 9.59 Å². The van der Waals surface area contributed by atoms with E-state index in [2.05, 4.69) is 16.9 Å². The Balaban J connectivity index is 1.90. The molecule has 1 fully saturated rings. The van der Waals surface area contributed by atoms with Crippen molar-refractivity contribution in [1.82, 2.24) is 19.6 Å². The Labute approximate surface area is 168 Å². The number of fused-ring (bicyclic) bond motifs is 1. The molecular weight excluding hydrogens is 399 g/mol. The van der Waals surface area contributed by atoms with Crippen LogP contribution in [0, 0.1) is 5.82 Å². The van der Waals surface area contributed by atoms with Crippen molar-refractivity contribution in [3.8, 4) is 11.3 Å². The van der Waals surface area contributed by atoms with Gasteiger partial charge >= 0.3 is 0 Å². The SMILES string of the molecule is C=CCN1C(=O)C(=Cc2c(-c3ccccc3F)nc3sccn23)C(=O)NC1=S. The molecule has 28 heavy (non-hydrogen) atoms. The van der Waals surface area contributed by atoms with Crippen molar-refractivity contribution >= 4 is 51.5 Å². The lowest BCUT2D eigenvalue weighted by atomic mass is 10.1. The van der Waals surface area contributed by atoms with E-state index < -0.39 is 17.6 Å². The van der Waals surface area contributed by atoms with E-state index >= 15 is 0 Å². The van der Waals surface area contributed by atoms with Crippen LogP contribution in [0.5, 0.6) is 0 Å². The van der Waals surface area contributed by atoms with Crippen LogP contribution in [0.3, 0.4) is 0 Å². The molecule has 1 aromatic carbocycles. The van der Waals surface area contributed by atoms with Gasteiger partial charge in [0.15, 0.2) is 10.1 Å². The molecule has 0 radical (unpaired) electrons. The van der Waals surface area contributed by atoms with E-state index in [4.69, 9.17) is 12.2 Å². The molecule has 2 amide bonds. The molecule has 3 aromatic rings. The van der Waals surface area contributed by atoms with Gasteiger partial charge in [-0.3, -0.25) is 24.2 Å². The Morgan fingerprint density at radius 1 is 1.32 bits per heavy atom. The Kier molecular flexibility index (Phi) is 4.62. The summed E-state index contributed by atoms with van der Waals surface area (Å²) in [6, 6.07) is 6.22. The molecule has 4 rings (SSSR count). The summed E-state index contributed by atoms with van der Waals surface area (Å²) in [5.41, 5.74) is 0.959. The first-order chi connectivity index (χ1) is 13.5. The highest BCUT2D eigenvalue weighted by Crippen LogP contribution is 2.30. The number of thiazole rings is 1. The molecular formula is C19H13FN4O2S2. The number of halogens is 1. The number of thiocarbonyl (C=S) groups is 1. The minimum Gasteiger partial charge on any atom is -0.298 e. The fourth-order valence-corrected chi connectivity index (χ4v) is 3.89. The Morgan fingerprint density at radius 2 is 2.11 bits per heavy atom. The van der Waals surface area contributed by atoms with E-state index in [1.165, 1.54) is 34.5 Å². The highest BCUT2D eigenvalue weighted by atomic mass is 32.1. The van der Waals surface area contributed by atoms with Crippen molar-refractivity contribution in [3.05, 3.63) is 65.6 Å². The molecule has 9 heteroatoms. The Bertz CT molecular complexity index is 1180. The van der Waals surface area contributed by atoms with Gasteiger partial charge in [0, 0.05) is 23.7 Å². The number of aromatic nitrogens is 2. The number of amides is 2. The molecule has 1 N–H and O–H groups in total. The molecule has 0 atom stereocenters. The first-order valence-electron chi connectivity index (χ1n) is 8.21. The number of rotatable bonds is 4. The predicted octanol–water partition coefficient (Wildman–Crippen LogP) is 3.01. The average Bonchev–Trinajstić information content (AvgIpc) is 3.24. The first kappa shape index (κ1) is 18.2. The van der Waals surface area contributed by atoms with E-state index in [1.807, 2.05) is 5.38 Å². The van der Waals surface area contributed by atoms with Gasteiger partial charge in [0.05, 0.1) is 5.69 Å². The van der Waals surface area contributed by atoms with Crippen molar-refractivity contribution in [2.45, 2.75) is 0 Å². The van der Waals surface area contributed by atoms with Crippen LogP contribution < -0.4 is 5.32 Å². The smallest absolute Gasteiger partial charge is 0.266 e. The average molecular weight is 412 g/mol. The summed E-state index contributed by atoms with van der Waals surface area (Å²) >= 11 is 6.43. The topological polar surface area (TPSA) is 66.7 Å². The van der Waals surface area contributed by atoms with Gasteiger partial charge in [-0.25, -0.2) is 9.37 Å². The summed E-state index contributed by atoms with van der Waals surface area (Å²) in [6.07, 6.45) is 4.69. The minimum absolute atomic E-state index is 0.0235. The zero-order chi connectivity index (χ0) is 19.8. The van der Waals surface area contributed by atoms with Crippen molar-refractivity contribution in [1.29, 1.82) is 0 Å². The number of hydrogen-bond acceptors (Lipinski definition) is 5. The molecule has 140 valence electrons. The second-order valence-corrected chi connectivity index (χ2v) is 7.16. The standard InChI is InChI=1S/C19H13FN4O2S2/c1-2-7-24-17(26)12(16(25)22-18(24)27)10-14-15(11-5-3-4-6-13(11)20)21-19-23(14)8-9-28-19/h2-6,8-10H,1,7H2,(H,22,25,27). The zero-order valence-electron chi connectivity index (χ0n) is 14.4. The monoisotopic (exact) mass is 412 g/mol. The number of hydrogen-bond donors (Lipinski definition) is 1. The Morgan fingerprint density at radius 3 is 2.86 bits per heavy atom. The van der Waals surface area contributed by atoms with Crippen molar-refractivity contribution in [3.63, 3.8) is 0 Å². The molecule has 0 bridgehead atoms. The molecule has 0 saturated carbocycles. The lowest BCUT2D eigenvalue weighted by Gasteiger charge is -2.27. The van der Waals surface area contributed by atoms with Gasteiger partial charge in [-0.1, -0.05) is 18.2 Å². The van der Waals surface area contributed by atoms with Gasteiger partial charge in [-0.15, -0.1) is 17.9 Å². The summed E-state index contributed by atoms with van der Waals surface area (Å²) in [5, 5.41) is 4.34. The van der Waals surface area contributed by atoms with Gasteiger partial charge < -0.3 is 0 Å². The molecule has 6 nitrogen and oxygen atoms in total. The van der Waals surface area contributed by atoms with Crippen LogP contribution in [-0.4, -0.2) is 37.8 Å². The van der Waals surface area contributed by atoms with E-state index in [-0.39, 0.29) is 22.8 Å². The summed E-state index contributed by atoms with van der Waals surface area (Å²) in [7, 11) is 0. The second kappa shape index (κ2) is 7.10. The third kappa shape index (κ3) is 2.94. The Hall–Kier alpha value is -3.17. The molecule has 1 saturated heterocycles. The van der Waals surface area contributed by atoms with Crippen LogP contribution in [0.25, 0.3) is 22.3 Å². The van der Waals surface area contributed by atoms with E-state index in [9.17, 15) is 14.0 Å². The molecule has 1 aliphatic heterocycles. The lowest BCUT2D eigenvalue weighted by molar-refractivity contribution is -0.128. The van der Waals surface area contributed by atoms with Crippen molar-refractivity contribution in [2.75, 3.05) is 6.54 Å². The van der Waals surface area contributed by atoms with Gasteiger partial charge in [-0.2, -0.15) is 0 Å². The van der Waals surface area contributed by atoms with Crippen molar-refractivity contribution < 1.29 is 14.0 Å². The quantitative estimate of drug-likeness (QED) is 0.310. The lowest BCUT2D eigenvalue weighted by Crippen LogP contribution is -2.53. The molecule has 1 aliphatic rings. The van der Waals surface area contributed by atoms with Crippen molar-refractivity contribution in [2.24, 2.45) is 0 Å². The maximum atomic E-state index is 14.4. The molecule has 0 aliphatic carbocycles. The summed E-state index contributed by atoms with van der Waals surface area (Å²) in [5.74, 6) is -1.60. The molecule has 0 unspecified atom stereocenters. The van der Waals surface area contributed by atoms with Crippen LogP contribution >= 0.6 is 23.6 Å². The number of carbonyl (C=O) groups excluding carboxylic acids is 2. The second-order valence-electron chi connectivity index (χ2n) is 5.90. The van der Waals surface area contributed by atoms with E-state index in [0.29, 0.717) is 16.3 Å².